The Hall–Kier alpha value is -2.10. The molecule has 0 aliphatic carbocycles. The van der Waals surface area contributed by atoms with Crippen LogP contribution < -0.4 is 0 Å². The van der Waals surface area contributed by atoms with Crippen LogP contribution in [-0.2, 0) is 16.0 Å². The highest BCUT2D eigenvalue weighted by Crippen LogP contribution is 2.27. The highest BCUT2D eigenvalue weighted by atomic mass is 16.5. The molecule has 0 fully saturated rings. The number of benzene rings is 1. The molecule has 17 heavy (non-hydrogen) atoms. The predicted molar refractivity (Wildman–Crippen MR) is 63.7 cm³/mol. The summed E-state index contributed by atoms with van der Waals surface area (Å²) in [7, 11) is 0. The summed E-state index contributed by atoms with van der Waals surface area (Å²) >= 11 is 0. The van der Waals surface area contributed by atoms with Crippen LogP contribution in [-0.4, -0.2) is 22.7 Å². The van der Waals surface area contributed by atoms with Crippen LogP contribution in [0, 0.1) is 0 Å². The van der Waals surface area contributed by atoms with Crippen molar-refractivity contribution in [2.75, 3.05) is 6.61 Å². The molecule has 2 rings (SSSR count). The number of rotatable bonds is 3. The normalized spacial score (nSPS) is 10.4. The first-order chi connectivity index (χ1) is 8.22. The molecule has 1 aromatic heterocycles. The Morgan fingerprint density at radius 2 is 2.24 bits per heavy atom. The van der Waals surface area contributed by atoms with Crippen molar-refractivity contribution in [1.29, 1.82) is 0 Å². The van der Waals surface area contributed by atoms with E-state index in [2.05, 4.69) is 4.98 Å². The van der Waals surface area contributed by atoms with Gasteiger partial charge in [0.25, 0.3) is 0 Å². The number of pyridine rings is 1. The first-order valence-electron chi connectivity index (χ1n) is 5.43. The van der Waals surface area contributed by atoms with E-state index >= 15 is 0 Å². The second-order valence-corrected chi connectivity index (χ2v) is 3.63. The molecule has 0 bridgehead atoms. The number of nitrogens with zero attached hydrogens (tertiary/aromatic N) is 1. The van der Waals surface area contributed by atoms with E-state index < -0.39 is 0 Å². The smallest absolute Gasteiger partial charge is 0.310 e. The SMILES string of the molecule is CCOC(=O)Cc1ccc2cccnc2c1O. The lowest BCUT2D eigenvalue weighted by Crippen LogP contribution is -2.07. The fourth-order valence-corrected chi connectivity index (χ4v) is 1.68. The molecule has 0 saturated carbocycles. The standard InChI is InChI=1S/C13H13NO3/c1-2-17-11(15)8-10-6-5-9-4-3-7-14-12(9)13(10)16/h3-7,16H,2,8H2,1H3. The van der Waals surface area contributed by atoms with Crippen LogP contribution >= 0.6 is 0 Å². The third-order valence-corrected chi connectivity index (χ3v) is 2.47. The van der Waals surface area contributed by atoms with Gasteiger partial charge in [0.2, 0.25) is 0 Å². The Kier molecular flexibility index (Phi) is 3.23. The molecule has 0 spiro atoms. The van der Waals surface area contributed by atoms with E-state index in [0.29, 0.717) is 17.7 Å². The molecular weight excluding hydrogens is 218 g/mol. The number of ether oxygens (including phenoxy) is 1. The molecule has 0 amide bonds. The summed E-state index contributed by atoms with van der Waals surface area (Å²) in [6.45, 7) is 2.09. The van der Waals surface area contributed by atoms with Gasteiger partial charge >= 0.3 is 5.97 Å². The fourth-order valence-electron chi connectivity index (χ4n) is 1.68. The summed E-state index contributed by atoms with van der Waals surface area (Å²) in [4.78, 5) is 15.4. The number of hydrogen-bond acceptors (Lipinski definition) is 4. The van der Waals surface area contributed by atoms with Crippen LogP contribution in [0.4, 0.5) is 0 Å². The van der Waals surface area contributed by atoms with Crippen molar-refractivity contribution in [2.45, 2.75) is 13.3 Å². The summed E-state index contributed by atoms with van der Waals surface area (Å²) in [5, 5.41) is 10.8. The number of esters is 1. The van der Waals surface area contributed by atoms with Crippen LogP contribution in [0.1, 0.15) is 12.5 Å². The monoisotopic (exact) mass is 231 g/mol. The number of fused-ring (bicyclic) bond motifs is 1. The minimum Gasteiger partial charge on any atom is -0.505 e. The van der Waals surface area contributed by atoms with Gasteiger partial charge in [0, 0.05) is 17.1 Å². The Bertz CT molecular complexity index is 551. The van der Waals surface area contributed by atoms with E-state index in [-0.39, 0.29) is 18.1 Å². The number of phenolic OH excluding ortho intramolecular Hbond substituents is 1. The number of carbonyl (C=O) groups is 1. The Labute approximate surface area is 98.9 Å². The molecule has 0 unspecified atom stereocenters. The lowest BCUT2D eigenvalue weighted by molar-refractivity contribution is -0.142. The molecule has 1 aromatic carbocycles. The molecule has 88 valence electrons. The topological polar surface area (TPSA) is 59.4 Å². The summed E-state index contributed by atoms with van der Waals surface area (Å²) < 4.78 is 4.84. The van der Waals surface area contributed by atoms with Crippen molar-refractivity contribution < 1.29 is 14.6 Å². The Morgan fingerprint density at radius 1 is 1.41 bits per heavy atom. The van der Waals surface area contributed by atoms with Gasteiger partial charge in [-0.15, -0.1) is 0 Å². The van der Waals surface area contributed by atoms with E-state index in [1.165, 1.54) is 0 Å². The molecule has 0 atom stereocenters. The van der Waals surface area contributed by atoms with Crippen molar-refractivity contribution in [1.82, 2.24) is 4.98 Å². The summed E-state index contributed by atoms with van der Waals surface area (Å²) in [6.07, 6.45) is 1.67. The number of phenols is 1. The fraction of sp³-hybridized carbons (Fsp3) is 0.231. The maximum absolute atomic E-state index is 11.3. The number of aromatic hydroxyl groups is 1. The summed E-state index contributed by atoms with van der Waals surface area (Å²) in [5.41, 5.74) is 1.05. The average molecular weight is 231 g/mol. The van der Waals surface area contributed by atoms with Crippen molar-refractivity contribution in [3.8, 4) is 5.75 Å². The van der Waals surface area contributed by atoms with E-state index in [9.17, 15) is 9.90 Å². The van der Waals surface area contributed by atoms with E-state index in [4.69, 9.17) is 4.74 Å². The first-order valence-corrected chi connectivity index (χ1v) is 5.43. The van der Waals surface area contributed by atoms with Gasteiger partial charge in [-0.3, -0.25) is 9.78 Å². The lowest BCUT2D eigenvalue weighted by Gasteiger charge is -2.06. The molecule has 1 heterocycles. The maximum atomic E-state index is 11.3. The van der Waals surface area contributed by atoms with Crippen LogP contribution in [0.15, 0.2) is 30.5 Å². The van der Waals surface area contributed by atoms with Gasteiger partial charge in [0.1, 0.15) is 11.3 Å². The van der Waals surface area contributed by atoms with Gasteiger partial charge in [-0.2, -0.15) is 0 Å². The van der Waals surface area contributed by atoms with Gasteiger partial charge in [-0.25, -0.2) is 0 Å². The van der Waals surface area contributed by atoms with Crippen molar-refractivity contribution >= 4 is 16.9 Å². The van der Waals surface area contributed by atoms with E-state index in [1.54, 1.807) is 25.3 Å². The molecule has 1 N–H and O–H groups in total. The zero-order valence-corrected chi connectivity index (χ0v) is 9.51. The minimum atomic E-state index is -0.349. The molecule has 0 saturated heterocycles. The zero-order valence-electron chi connectivity index (χ0n) is 9.51. The van der Waals surface area contributed by atoms with Gasteiger partial charge in [0.15, 0.2) is 0 Å². The van der Waals surface area contributed by atoms with Crippen molar-refractivity contribution in [3.63, 3.8) is 0 Å². The van der Waals surface area contributed by atoms with Crippen LogP contribution in [0.3, 0.4) is 0 Å². The highest BCUT2D eigenvalue weighted by Gasteiger charge is 2.11. The molecule has 0 aliphatic rings. The van der Waals surface area contributed by atoms with Gasteiger partial charge in [-0.1, -0.05) is 18.2 Å². The predicted octanol–water partition coefficient (Wildman–Crippen LogP) is 2.05. The first kappa shape index (κ1) is 11.4. The Balaban J connectivity index is 2.36. The van der Waals surface area contributed by atoms with Crippen molar-refractivity contribution in [3.05, 3.63) is 36.0 Å². The van der Waals surface area contributed by atoms with Gasteiger partial charge in [-0.05, 0) is 13.0 Å². The van der Waals surface area contributed by atoms with Crippen LogP contribution in [0.25, 0.3) is 10.9 Å². The molecule has 0 radical (unpaired) electrons. The average Bonchev–Trinajstić information content (AvgIpc) is 2.33. The third kappa shape index (κ3) is 2.36. The molecule has 4 heteroatoms. The maximum Gasteiger partial charge on any atom is 0.310 e. The minimum absolute atomic E-state index is 0.0520. The Morgan fingerprint density at radius 3 is 3.00 bits per heavy atom. The second-order valence-electron chi connectivity index (χ2n) is 3.63. The second kappa shape index (κ2) is 4.82. The zero-order chi connectivity index (χ0) is 12.3. The van der Waals surface area contributed by atoms with E-state index in [0.717, 1.165) is 5.39 Å². The van der Waals surface area contributed by atoms with Gasteiger partial charge in [0.05, 0.1) is 13.0 Å². The molecular formula is C13H13NO3. The van der Waals surface area contributed by atoms with E-state index in [1.807, 2.05) is 12.1 Å². The van der Waals surface area contributed by atoms with Crippen LogP contribution in [0.5, 0.6) is 5.75 Å². The quantitative estimate of drug-likeness (QED) is 0.821. The molecule has 0 aliphatic heterocycles. The number of carbonyl (C=O) groups excluding carboxylic acids is 1. The summed E-state index contributed by atoms with van der Waals surface area (Å²) in [6, 6.07) is 7.20. The third-order valence-electron chi connectivity index (χ3n) is 2.47. The lowest BCUT2D eigenvalue weighted by atomic mass is 10.1. The van der Waals surface area contributed by atoms with Crippen LogP contribution in [0.2, 0.25) is 0 Å². The van der Waals surface area contributed by atoms with Gasteiger partial charge < -0.3 is 9.84 Å². The number of aromatic nitrogens is 1. The largest absolute Gasteiger partial charge is 0.505 e. The number of hydrogen-bond donors (Lipinski definition) is 1. The molecule has 2 aromatic rings. The highest BCUT2D eigenvalue weighted by molar-refractivity contribution is 5.87. The summed E-state index contributed by atoms with van der Waals surface area (Å²) in [5.74, 6) is -0.297. The van der Waals surface area contributed by atoms with Crippen molar-refractivity contribution in [2.24, 2.45) is 0 Å². The molecule has 4 nitrogen and oxygen atoms in total.